The Morgan fingerprint density at radius 2 is 1.65 bits per heavy atom. The number of rotatable bonds is 10. The number of allylic oxidation sites excluding steroid dienone is 1. The number of anilines is 3. The van der Waals surface area contributed by atoms with Crippen molar-refractivity contribution in [3.8, 4) is 11.1 Å². The number of pyridine rings is 1. The minimum absolute atomic E-state index is 0.122. The lowest BCUT2D eigenvalue weighted by Crippen LogP contribution is -2.24. The first-order valence-corrected chi connectivity index (χ1v) is 13.9. The van der Waals surface area contributed by atoms with Gasteiger partial charge in [-0.25, -0.2) is 4.98 Å². The lowest BCUT2D eigenvalue weighted by Gasteiger charge is -2.16. The molecule has 0 aliphatic carbocycles. The van der Waals surface area contributed by atoms with E-state index in [4.69, 9.17) is 28.2 Å². The van der Waals surface area contributed by atoms with E-state index in [0.29, 0.717) is 43.6 Å². The maximum absolute atomic E-state index is 14.1. The molecule has 1 amide bonds. The average molecular weight is 611 g/mol. The molecule has 0 radical (unpaired) electrons. The van der Waals surface area contributed by atoms with Gasteiger partial charge in [-0.3, -0.25) is 19.0 Å². The highest BCUT2D eigenvalue weighted by Crippen LogP contribution is 2.34. The molecule has 0 saturated carbocycles. The van der Waals surface area contributed by atoms with E-state index in [9.17, 15) is 14.4 Å². The Labute approximate surface area is 257 Å². The highest BCUT2D eigenvalue weighted by atomic mass is 35.5. The zero-order valence-electron chi connectivity index (χ0n) is 22.8. The largest absolute Gasteiger partial charge is 0.324 e. The lowest BCUT2D eigenvalue weighted by molar-refractivity contribution is -0.114. The van der Waals surface area contributed by atoms with Crippen LogP contribution < -0.4 is 16.2 Å². The van der Waals surface area contributed by atoms with E-state index in [-0.39, 0.29) is 36.2 Å². The summed E-state index contributed by atoms with van der Waals surface area (Å²) in [6, 6.07) is 21.1. The molecule has 5 rings (SSSR count). The molecule has 5 aromatic rings. The number of nitrogens with zero attached hydrogens (tertiary/aromatic N) is 3. The molecule has 0 unspecified atom stereocenters. The van der Waals surface area contributed by atoms with E-state index in [1.165, 1.54) is 16.7 Å². The summed E-state index contributed by atoms with van der Waals surface area (Å²) in [5.74, 6) is -0.208. The molecule has 3 aromatic carbocycles. The number of benzene rings is 3. The molecular formula is C33H25Cl2N5O3. The number of nitrogens with one attached hydrogen (secondary N) is 2. The molecule has 43 heavy (non-hydrogen) atoms. The van der Waals surface area contributed by atoms with Crippen LogP contribution in [0.1, 0.15) is 11.1 Å². The molecule has 2 N–H and O–H groups in total. The molecule has 2 heterocycles. The van der Waals surface area contributed by atoms with Gasteiger partial charge < -0.3 is 10.6 Å². The molecule has 214 valence electrons. The van der Waals surface area contributed by atoms with Crippen LogP contribution in [0, 0.1) is 0 Å². The summed E-state index contributed by atoms with van der Waals surface area (Å²) < 4.78 is 1.53. The average Bonchev–Trinajstić information content (AvgIpc) is 3.00. The first-order chi connectivity index (χ1) is 20.8. The number of amides is 1. The van der Waals surface area contributed by atoms with Gasteiger partial charge in [0.25, 0.3) is 5.56 Å². The summed E-state index contributed by atoms with van der Waals surface area (Å²) >= 11 is 13.0. The van der Waals surface area contributed by atoms with E-state index in [0.717, 1.165) is 11.1 Å². The van der Waals surface area contributed by atoms with Crippen LogP contribution in [0.4, 0.5) is 17.3 Å². The van der Waals surface area contributed by atoms with Gasteiger partial charge >= 0.3 is 0 Å². The highest BCUT2D eigenvalue weighted by Gasteiger charge is 2.18. The van der Waals surface area contributed by atoms with Gasteiger partial charge in [-0.05, 0) is 59.7 Å². The number of carbonyl (C=O) groups is 2. The van der Waals surface area contributed by atoms with Gasteiger partial charge in [0, 0.05) is 34.9 Å². The first kappa shape index (κ1) is 29.4. The van der Waals surface area contributed by atoms with Gasteiger partial charge in [0.05, 0.1) is 22.2 Å². The third kappa shape index (κ3) is 6.56. The zero-order valence-corrected chi connectivity index (χ0v) is 24.3. The predicted molar refractivity (Wildman–Crippen MR) is 172 cm³/mol. The molecule has 0 atom stereocenters. The standard InChI is InChI=1S/C33H25Cl2N5O3/c1-3-24(41)16-21-8-5-6-11-28(21)38-33-36-18-22-17-25(30-26(34)9-7-10-27(30)35)32(43)40(31(22)39-33)19-20-12-14-23(15-13-20)37-29(42)4-2/h3-15,17-18H,1-2,16,19H2,(H,37,42)(H,36,38,39). The third-order valence-corrected chi connectivity index (χ3v) is 7.29. The summed E-state index contributed by atoms with van der Waals surface area (Å²) in [5, 5.41) is 7.15. The van der Waals surface area contributed by atoms with Crippen LogP contribution >= 0.6 is 23.2 Å². The van der Waals surface area contributed by atoms with Crippen molar-refractivity contribution in [2.75, 3.05) is 10.6 Å². The van der Waals surface area contributed by atoms with Crippen LogP contribution in [0.15, 0.2) is 109 Å². The quantitative estimate of drug-likeness (QED) is 0.165. The van der Waals surface area contributed by atoms with Crippen molar-refractivity contribution in [1.82, 2.24) is 14.5 Å². The first-order valence-electron chi connectivity index (χ1n) is 13.1. The van der Waals surface area contributed by atoms with Crippen LogP contribution in [0.2, 0.25) is 10.0 Å². The van der Waals surface area contributed by atoms with Gasteiger partial charge in [-0.1, -0.05) is 72.8 Å². The number of aromatic nitrogens is 3. The molecular weight excluding hydrogens is 585 g/mol. The van der Waals surface area contributed by atoms with Gasteiger partial charge in [0.1, 0.15) is 5.65 Å². The third-order valence-electron chi connectivity index (χ3n) is 6.66. The van der Waals surface area contributed by atoms with Crippen molar-refractivity contribution in [2.24, 2.45) is 0 Å². The topological polar surface area (TPSA) is 106 Å². The predicted octanol–water partition coefficient (Wildman–Crippen LogP) is 6.98. The molecule has 2 aromatic heterocycles. The minimum atomic E-state index is -0.354. The van der Waals surface area contributed by atoms with Crippen LogP contribution in [0.25, 0.3) is 22.2 Å². The van der Waals surface area contributed by atoms with Crippen molar-refractivity contribution in [3.63, 3.8) is 0 Å². The number of carbonyl (C=O) groups excluding carboxylic acids is 2. The maximum atomic E-state index is 14.1. The number of hydrogen-bond donors (Lipinski definition) is 2. The zero-order chi connectivity index (χ0) is 30.5. The number of hydrogen-bond acceptors (Lipinski definition) is 6. The van der Waals surface area contributed by atoms with Gasteiger partial charge in [0.2, 0.25) is 11.9 Å². The molecule has 0 spiro atoms. The van der Waals surface area contributed by atoms with Crippen molar-refractivity contribution in [2.45, 2.75) is 13.0 Å². The van der Waals surface area contributed by atoms with Crippen molar-refractivity contribution < 1.29 is 9.59 Å². The van der Waals surface area contributed by atoms with E-state index in [2.05, 4.69) is 28.8 Å². The summed E-state index contributed by atoms with van der Waals surface area (Å²) in [6.45, 7) is 7.17. The number of ketones is 1. The number of para-hydroxylation sites is 1. The molecule has 0 bridgehead atoms. The Morgan fingerprint density at radius 1 is 0.930 bits per heavy atom. The van der Waals surface area contributed by atoms with Gasteiger partial charge in [-0.2, -0.15) is 4.98 Å². The van der Waals surface area contributed by atoms with Crippen molar-refractivity contribution in [1.29, 1.82) is 0 Å². The second kappa shape index (κ2) is 12.9. The summed E-state index contributed by atoms with van der Waals surface area (Å²) in [6.07, 6.45) is 4.24. The lowest BCUT2D eigenvalue weighted by atomic mass is 10.1. The molecule has 0 aliphatic rings. The fourth-order valence-corrected chi connectivity index (χ4v) is 5.15. The second-order valence-electron chi connectivity index (χ2n) is 9.54. The molecule has 0 aliphatic heterocycles. The van der Waals surface area contributed by atoms with Gasteiger partial charge in [-0.15, -0.1) is 0 Å². The fourth-order valence-electron chi connectivity index (χ4n) is 4.55. The fraction of sp³-hybridized carbons (Fsp3) is 0.0606. The van der Waals surface area contributed by atoms with Crippen molar-refractivity contribution in [3.05, 3.63) is 136 Å². The Morgan fingerprint density at radius 3 is 2.35 bits per heavy atom. The number of fused-ring (bicyclic) bond motifs is 1. The summed E-state index contributed by atoms with van der Waals surface area (Å²) in [4.78, 5) is 47.0. The normalized spacial score (nSPS) is 10.7. The summed E-state index contributed by atoms with van der Waals surface area (Å²) in [7, 11) is 0. The van der Waals surface area contributed by atoms with E-state index < -0.39 is 0 Å². The van der Waals surface area contributed by atoms with Crippen LogP contribution in [0.3, 0.4) is 0 Å². The van der Waals surface area contributed by atoms with Crippen LogP contribution in [-0.2, 0) is 22.6 Å². The molecule has 10 heteroatoms. The van der Waals surface area contributed by atoms with E-state index in [1.807, 2.05) is 24.3 Å². The SMILES string of the molecule is C=CC(=O)Cc1ccccc1Nc1ncc2cc(-c3c(Cl)cccc3Cl)c(=O)n(Cc3ccc(NC(=O)C=C)cc3)c2n1. The van der Waals surface area contributed by atoms with Gasteiger partial charge in [0.15, 0.2) is 5.78 Å². The Bertz CT molecular complexity index is 1930. The van der Waals surface area contributed by atoms with Crippen LogP contribution in [0.5, 0.6) is 0 Å². The number of halogens is 2. The second-order valence-corrected chi connectivity index (χ2v) is 10.4. The highest BCUT2D eigenvalue weighted by molar-refractivity contribution is 6.39. The Balaban J connectivity index is 1.62. The van der Waals surface area contributed by atoms with Crippen LogP contribution in [-0.4, -0.2) is 26.2 Å². The minimum Gasteiger partial charge on any atom is -0.324 e. The maximum Gasteiger partial charge on any atom is 0.260 e. The molecule has 0 saturated heterocycles. The Kier molecular flexibility index (Phi) is 8.80. The van der Waals surface area contributed by atoms with E-state index in [1.54, 1.807) is 54.7 Å². The molecule has 0 fully saturated rings. The molecule has 8 nitrogen and oxygen atoms in total. The van der Waals surface area contributed by atoms with E-state index >= 15 is 0 Å². The summed E-state index contributed by atoms with van der Waals surface area (Å²) in [5.41, 5.74) is 3.51. The Hall–Kier alpha value is -5.05. The van der Waals surface area contributed by atoms with Crippen molar-refractivity contribution >= 4 is 63.2 Å². The monoisotopic (exact) mass is 609 g/mol. The smallest absolute Gasteiger partial charge is 0.260 e.